The normalized spacial score (nSPS) is 10.8. The van der Waals surface area contributed by atoms with Crippen molar-refractivity contribution in [2.75, 3.05) is 5.75 Å². The van der Waals surface area contributed by atoms with Crippen LogP contribution >= 0.6 is 23.1 Å². The van der Waals surface area contributed by atoms with Crippen molar-refractivity contribution >= 4 is 40.3 Å². The Labute approximate surface area is 102 Å². The zero-order chi connectivity index (χ0) is 12.0. The topological polar surface area (TPSA) is 54.4 Å². The molecule has 0 amide bonds. The molecule has 0 aliphatic rings. The Morgan fingerprint density at radius 1 is 1.50 bits per heavy atom. The van der Waals surface area contributed by atoms with E-state index in [9.17, 15) is 9.59 Å². The summed E-state index contributed by atoms with van der Waals surface area (Å²) in [5, 5.41) is 12.4. The predicted octanol–water partition coefficient (Wildman–Crippen LogP) is 3.13. The van der Waals surface area contributed by atoms with Crippen LogP contribution in [0.25, 0.3) is 6.08 Å². The third-order valence-electron chi connectivity index (χ3n) is 1.81. The van der Waals surface area contributed by atoms with Crippen molar-refractivity contribution in [1.29, 1.82) is 0 Å². The third-order valence-corrected chi connectivity index (χ3v) is 3.42. The molecule has 0 atom stereocenters. The fraction of sp³-hybridized carbons (Fsp3) is 0.273. The molecule has 1 N–H and O–H groups in total. The second kappa shape index (κ2) is 6.50. The molecule has 1 aromatic heterocycles. The van der Waals surface area contributed by atoms with Crippen LogP contribution in [0.3, 0.4) is 0 Å². The predicted molar refractivity (Wildman–Crippen MR) is 68.1 cm³/mol. The van der Waals surface area contributed by atoms with Gasteiger partial charge >= 0.3 is 5.97 Å². The minimum Gasteiger partial charge on any atom is -0.478 e. The van der Waals surface area contributed by atoms with E-state index in [1.165, 1.54) is 30.0 Å². The second-order valence-corrected chi connectivity index (χ2v) is 5.09. The molecule has 0 bridgehead atoms. The van der Waals surface area contributed by atoms with Crippen molar-refractivity contribution in [3.63, 3.8) is 0 Å². The smallest absolute Gasteiger partial charge is 0.337 e. The van der Waals surface area contributed by atoms with E-state index in [2.05, 4.69) is 0 Å². The first-order valence-electron chi connectivity index (χ1n) is 4.70. The van der Waals surface area contributed by atoms with Gasteiger partial charge in [0.15, 0.2) is 5.12 Å². The fourth-order valence-corrected chi connectivity index (χ4v) is 2.43. The van der Waals surface area contributed by atoms with Gasteiger partial charge in [0.05, 0.1) is 5.56 Å². The van der Waals surface area contributed by atoms with Gasteiger partial charge in [-0.25, -0.2) is 4.79 Å². The number of aromatic carboxylic acids is 1. The Kier molecular flexibility index (Phi) is 5.28. The standard InChI is InChI=1S/C11H12O3S2/c1-8(12)16-5-3-2-4-9-6-15-7-10(9)11(13)14/h2,4,6-7H,3,5H2,1H3,(H,13,14). The number of hydrogen-bond acceptors (Lipinski definition) is 4. The number of rotatable bonds is 5. The van der Waals surface area contributed by atoms with Crippen LogP contribution in [0.1, 0.15) is 29.3 Å². The highest BCUT2D eigenvalue weighted by molar-refractivity contribution is 8.13. The lowest BCUT2D eigenvalue weighted by atomic mass is 10.2. The van der Waals surface area contributed by atoms with Crippen LogP contribution in [0.4, 0.5) is 0 Å². The Bertz CT molecular complexity index is 407. The fourth-order valence-electron chi connectivity index (χ4n) is 1.09. The monoisotopic (exact) mass is 256 g/mol. The first kappa shape index (κ1) is 13.0. The van der Waals surface area contributed by atoms with Crippen molar-refractivity contribution in [1.82, 2.24) is 0 Å². The van der Waals surface area contributed by atoms with Crippen LogP contribution in [-0.2, 0) is 4.79 Å². The summed E-state index contributed by atoms with van der Waals surface area (Å²) in [6.07, 6.45) is 4.45. The molecule has 0 spiro atoms. The summed E-state index contributed by atoms with van der Waals surface area (Å²) in [6.45, 7) is 1.54. The minimum absolute atomic E-state index is 0.107. The highest BCUT2D eigenvalue weighted by Crippen LogP contribution is 2.17. The minimum atomic E-state index is -0.904. The summed E-state index contributed by atoms with van der Waals surface area (Å²) in [5.74, 6) is -0.169. The number of carboxylic acid groups (broad SMARTS) is 1. The van der Waals surface area contributed by atoms with Gasteiger partial charge in [-0.3, -0.25) is 4.79 Å². The van der Waals surface area contributed by atoms with Gasteiger partial charge in [0.1, 0.15) is 0 Å². The molecule has 1 heterocycles. The average Bonchev–Trinajstić information content (AvgIpc) is 2.65. The number of carboxylic acids is 1. The van der Waals surface area contributed by atoms with Crippen LogP contribution in [0.5, 0.6) is 0 Å². The van der Waals surface area contributed by atoms with Crippen molar-refractivity contribution in [2.24, 2.45) is 0 Å². The number of carbonyl (C=O) groups excluding carboxylic acids is 1. The van der Waals surface area contributed by atoms with Gasteiger partial charge in [-0.2, -0.15) is 11.3 Å². The number of hydrogen-bond donors (Lipinski definition) is 1. The molecule has 0 radical (unpaired) electrons. The van der Waals surface area contributed by atoms with E-state index in [0.717, 1.165) is 17.7 Å². The molecule has 1 aromatic rings. The molecule has 0 aromatic carbocycles. The first-order valence-corrected chi connectivity index (χ1v) is 6.63. The van der Waals surface area contributed by atoms with Crippen LogP contribution in [0.2, 0.25) is 0 Å². The van der Waals surface area contributed by atoms with E-state index in [1.807, 2.05) is 6.08 Å². The van der Waals surface area contributed by atoms with E-state index in [4.69, 9.17) is 5.11 Å². The van der Waals surface area contributed by atoms with E-state index in [0.29, 0.717) is 5.56 Å². The molecular weight excluding hydrogens is 244 g/mol. The van der Waals surface area contributed by atoms with Gasteiger partial charge < -0.3 is 5.11 Å². The Hall–Kier alpha value is -1.07. The molecule has 0 aliphatic carbocycles. The Balaban J connectivity index is 2.47. The van der Waals surface area contributed by atoms with E-state index < -0.39 is 5.97 Å². The summed E-state index contributed by atoms with van der Waals surface area (Å²) in [7, 11) is 0. The average molecular weight is 256 g/mol. The molecule has 0 unspecified atom stereocenters. The summed E-state index contributed by atoms with van der Waals surface area (Å²) >= 11 is 2.65. The van der Waals surface area contributed by atoms with Crippen molar-refractivity contribution < 1.29 is 14.7 Å². The van der Waals surface area contributed by atoms with E-state index in [1.54, 1.807) is 16.8 Å². The molecule has 0 saturated carbocycles. The first-order chi connectivity index (χ1) is 7.61. The molecule has 1 rings (SSSR count). The lowest BCUT2D eigenvalue weighted by Gasteiger charge is -1.93. The van der Waals surface area contributed by atoms with Crippen molar-refractivity contribution in [3.05, 3.63) is 28.0 Å². The third kappa shape index (κ3) is 4.20. The maximum absolute atomic E-state index is 10.8. The molecule has 3 nitrogen and oxygen atoms in total. The Morgan fingerprint density at radius 3 is 2.88 bits per heavy atom. The number of thiophene rings is 1. The molecular formula is C11H12O3S2. The summed E-state index contributed by atoms with van der Waals surface area (Å²) in [4.78, 5) is 21.4. The van der Waals surface area contributed by atoms with Gasteiger partial charge in [-0.1, -0.05) is 23.9 Å². The lowest BCUT2D eigenvalue weighted by molar-refractivity contribution is -0.109. The molecule has 16 heavy (non-hydrogen) atoms. The van der Waals surface area contributed by atoms with Gasteiger partial charge in [-0.05, 0) is 17.4 Å². The van der Waals surface area contributed by atoms with Crippen LogP contribution < -0.4 is 0 Å². The molecule has 86 valence electrons. The highest BCUT2D eigenvalue weighted by Gasteiger charge is 2.07. The number of thioether (sulfide) groups is 1. The molecule has 5 heteroatoms. The van der Waals surface area contributed by atoms with E-state index in [-0.39, 0.29) is 5.12 Å². The second-order valence-electron chi connectivity index (χ2n) is 3.08. The zero-order valence-electron chi connectivity index (χ0n) is 8.80. The summed E-state index contributed by atoms with van der Waals surface area (Å²) in [5.41, 5.74) is 1.06. The van der Waals surface area contributed by atoms with Crippen LogP contribution in [0.15, 0.2) is 16.8 Å². The summed E-state index contributed by atoms with van der Waals surface area (Å²) in [6, 6.07) is 0. The van der Waals surface area contributed by atoms with Crippen molar-refractivity contribution in [3.8, 4) is 0 Å². The molecule has 0 aliphatic heterocycles. The summed E-state index contributed by atoms with van der Waals surface area (Å²) < 4.78 is 0. The largest absolute Gasteiger partial charge is 0.478 e. The van der Waals surface area contributed by atoms with Gasteiger partial charge in [0, 0.05) is 18.1 Å². The molecule has 0 saturated heterocycles. The van der Waals surface area contributed by atoms with Gasteiger partial charge in [0.25, 0.3) is 0 Å². The van der Waals surface area contributed by atoms with Gasteiger partial charge in [-0.15, -0.1) is 0 Å². The van der Waals surface area contributed by atoms with E-state index >= 15 is 0 Å². The maximum Gasteiger partial charge on any atom is 0.337 e. The quantitative estimate of drug-likeness (QED) is 0.822. The van der Waals surface area contributed by atoms with Crippen LogP contribution in [-0.4, -0.2) is 21.9 Å². The number of allylic oxidation sites excluding steroid dienone is 1. The highest BCUT2D eigenvalue weighted by atomic mass is 32.2. The lowest BCUT2D eigenvalue weighted by Crippen LogP contribution is -1.95. The van der Waals surface area contributed by atoms with Crippen LogP contribution in [0, 0.1) is 0 Å². The van der Waals surface area contributed by atoms with Gasteiger partial charge in [0.2, 0.25) is 0 Å². The zero-order valence-corrected chi connectivity index (χ0v) is 10.4. The Morgan fingerprint density at radius 2 is 2.25 bits per heavy atom. The maximum atomic E-state index is 10.8. The van der Waals surface area contributed by atoms with Crippen molar-refractivity contribution in [2.45, 2.75) is 13.3 Å². The number of carbonyl (C=O) groups is 2. The SMILES string of the molecule is CC(=O)SCCC=Cc1cscc1C(=O)O. The molecule has 0 fully saturated rings.